The van der Waals surface area contributed by atoms with Crippen LogP contribution in [0.2, 0.25) is 0 Å². The largest absolute Gasteiger partial charge is 0.450 e. The van der Waals surface area contributed by atoms with Gasteiger partial charge in [0.05, 0.1) is 27.7 Å². The van der Waals surface area contributed by atoms with Gasteiger partial charge in [0.2, 0.25) is 0 Å². The first-order chi connectivity index (χ1) is 17.3. The maximum absolute atomic E-state index is 13.4. The second-order valence-corrected chi connectivity index (χ2v) is 9.89. The van der Waals surface area contributed by atoms with Crippen molar-refractivity contribution in [1.29, 1.82) is 0 Å². The van der Waals surface area contributed by atoms with Gasteiger partial charge < -0.3 is 19.4 Å². The summed E-state index contributed by atoms with van der Waals surface area (Å²) in [6, 6.07) is 6.50. The predicted molar refractivity (Wildman–Crippen MR) is 132 cm³/mol. The Labute approximate surface area is 212 Å². The molecular formula is C24H29N5O6S. The van der Waals surface area contributed by atoms with Crippen molar-refractivity contribution < 1.29 is 24.0 Å². The second-order valence-electron chi connectivity index (χ2n) is 8.83. The Morgan fingerprint density at radius 1 is 1.00 bits per heavy atom. The van der Waals surface area contributed by atoms with Crippen molar-refractivity contribution in [3.8, 4) is 0 Å². The van der Waals surface area contributed by atoms with Crippen LogP contribution in [0, 0.1) is 17.0 Å². The van der Waals surface area contributed by atoms with E-state index in [2.05, 4.69) is 0 Å². The monoisotopic (exact) mass is 515 g/mol. The van der Waals surface area contributed by atoms with Crippen molar-refractivity contribution in [1.82, 2.24) is 19.7 Å². The van der Waals surface area contributed by atoms with Crippen LogP contribution >= 0.6 is 11.3 Å². The summed E-state index contributed by atoms with van der Waals surface area (Å²) in [5, 5.41) is 10.9. The Kier molecular flexibility index (Phi) is 7.82. The molecular weight excluding hydrogens is 486 g/mol. The number of thiophene rings is 1. The minimum Gasteiger partial charge on any atom is -0.450 e. The van der Waals surface area contributed by atoms with E-state index < -0.39 is 4.92 Å². The smallest absolute Gasteiger partial charge is 0.409 e. The molecule has 0 atom stereocenters. The highest BCUT2D eigenvalue weighted by molar-refractivity contribution is 7.17. The van der Waals surface area contributed by atoms with Crippen LogP contribution in [0.3, 0.4) is 0 Å². The molecule has 0 aromatic carbocycles. The molecule has 0 radical (unpaired) electrons. The number of amides is 3. The molecule has 2 aromatic heterocycles. The van der Waals surface area contributed by atoms with Crippen LogP contribution in [0.4, 0.5) is 9.80 Å². The van der Waals surface area contributed by atoms with Crippen LogP contribution in [0.5, 0.6) is 0 Å². The minimum atomic E-state index is -0.494. The number of nitro groups is 1. The Balaban J connectivity index is 1.41. The maximum atomic E-state index is 13.4. The van der Waals surface area contributed by atoms with Crippen molar-refractivity contribution in [2.24, 2.45) is 0 Å². The molecule has 0 saturated carbocycles. The highest BCUT2D eigenvalue weighted by Gasteiger charge is 2.32. The number of hydrogen-bond acceptors (Lipinski definition) is 8. The van der Waals surface area contributed by atoms with Crippen molar-refractivity contribution in [3.63, 3.8) is 0 Å². The Bertz CT molecular complexity index is 1150. The molecule has 4 rings (SSSR count). The number of aryl methyl sites for hydroxylation is 1. The first kappa shape index (κ1) is 25.5. The zero-order valence-corrected chi connectivity index (χ0v) is 21.2. The molecule has 2 fully saturated rings. The van der Waals surface area contributed by atoms with Gasteiger partial charge >= 0.3 is 11.1 Å². The Hall–Kier alpha value is -3.54. The molecule has 192 valence electrons. The lowest BCUT2D eigenvalue weighted by Gasteiger charge is -2.35. The normalized spacial score (nSPS) is 16.7. The van der Waals surface area contributed by atoms with Crippen LogP contribution in [0.25, 0.3) is 0 Å². The van der Waals surface area contributed by atoms with Gasteiger partial charge in [0.1, 0.15) is 0 Å². The fourth-order valence-corrected chi connectivity index (χ4v) is 5.39. The average Bonchev–Trinajstić information content (AvgIpc) is 3.39. The quantitative estimate of drug-likeness (QED) is 0.442. The molecule has 2 aromatic rings. The minimum absolute atomic E-state index is 0.0198. The number of carbonyl (C=O) groups excluding carboxylic acids is 3. The third kappa shape index (κ3) is 5.48. The molecule has 0 N–H and O–H groups in total. The number of nitrogens with zero attached hydrogens (tertiary/aromatic N) is 5. The van der Waals surface area contributed by atoms with Crippen LogP contribution in [-0.2, 0) is 4.74 Å². The van der Waals surface area contributed by atoms with Gasteiger partial charge in [-0.1, -0.05) is 11.3 Å². The highest BCUT2D eigenvalue weighted by atomic mass is 32.1. The number of rotatable bonds is 5. The molecule has 3 amide bonds. The molecule has 2 aliphatic rings. The standard InChI is InChI=1S/C24H29N5O6S/c1-3-35-24(32)28-14-12-27(13-15-28)22(30)18-5-4-16(2)25-21(18)17-8-10-26(11-9-17)23(31)19-6-7-20(36-19)29(33)34/h4-7,17H,3,8-15H2,1-2H3. The van der Waals surface area contributed by atoms with Gasteiger partial charge in [0.25, 0.3) is 11.8 Å². The number of likely N-dealkylation sites (tertiary alicyclic amines) is 1. The van der Waals surface area contributed by atoms with E-state index in [1.54, 1.807) is 21.6 Å². The van der Waals surface area contributed by atoms with Gasteiger partial charge in [-0.3, -0.25) is 24.7 Å². The molecule has 0 spiro atoms. The van der Waals surface area contributed by atoms with Crippen LogP contribution in [-0.4, -0.2) is 88.4 Å². The van der Waals surface area contributed by atoms with Crippen LogP contribution in [0.1, 0.15) is 57.1 Å². The Morgan fingerprint density at radius 3 is 2.25 bits per heavy atom. The fourth-order valence-electron chi connectivity index (χ4n) is 4.60. The predicted octanol–water partition coefficient (Wildman–Crippen LogP) is 3.29. The molecule has 12 heteroatoms. The van der Waals surface area contributed by atoms with E-state index >= 15 is 0 Å². The number of carbonyl (C=O) groups is 3. The van der Waals surface area contributed by atoms with E-state index in [4.69, 9.17) is 9.72 Å². The van der Waals surface area contributed by atoms with E-state index in [0.29, 0.717) is 69.2 Å². The van der Waals surface area contributed by atoms with Gasteiger partial charge in [0.15, 0.2) is 0 Å². The highest BCUT2D eigenvalue weighted by Crippen LogP contribution is 2.32. The SMILES string of the molecule is CCOC(=O)N1CCN(C(=O)c2ccc(C)nc2C2CCN(C(=O)c3ccc([N+](=O)[O-])s3)CC2)CC1. The zero-order chi connectivity index (χ0) is 25.8. The van der Waals surface area contributed by atoms with Gasteiger partial charge in [-0.15, -0.1) is 0 Å². The summed E-state index contributed by atoms with van der Waals surface area (Å²) in [6.07, 6.45) is 0.930. The first-order valence-corrected chi connectivity index (χ1v) is 12.8. The van der Waals surface area contributed by atoms with Gasteiger partial charge in [0, 0.05) is 56.9 Å². The number of hydrogen-bond donors (Lipinski definition) is 0. The number of ether oxygens (including phenoxy) is 1. The third-order valence-corrected chi connectivity index (χ3v) is 7.56. The molecule has 36 heavy (non-hydrogen) atoms. The summed E-state index contributed by atoms with van der Waals surface area (Å²) in [6.45, 7) is 6.61. The molecule has 2 aliphatic heterocycles. The zero-order valence-electron chi connectivity index (χ0n) is 20.3. The van der Waals surface area contributed by atoms with Crippen molar-refractivity contribution in [2.45, 2.75) is 32.6 Å². The van der Waals surface area contributed by atoms with Gasteiger partial charge in [-0.05, 0) is 44.9 Å². The number of aromatic nitrogens is 1. The molecule has 11 nitrogen and oxygen atoms in total. The van der Waals surface area contributed by atoms with E-state index in [0.717, 1.165) is 22.7 Å². The van der Waals surface area contributed by atoms with E-state index in [9.17, 15) is 24.5 Å². The lowest BCUT2D eigenvalue weighted by Crippen LogP contribution is -2.51. The number of pyridine rings is 1. The van der Waals surface area contributed by atoms with E-state index in [1.807, 2.05) is 19.1 Å². The van der Waals surface area contributed by atoms with Crippen molar-refractivity contribution >= 4 is 34.2 Å². The second kappa shape index (κ2) is 11.0. The molecule has 0 aliphatic carbocycles. The third-order valence-electron chi connectivity index (χ3n) is 6.54. The summed E-state index contributed by atoms with van der Waals surface area (Å²) < 4.78 is 5.06. The Morgan fingerprint density at radius 2 is 1.64 bits per heavy atom. The van der Waals surface area contributed by atoms with E-state index in [-0.39, 0.29) is 28.8 Å². The summed E-state index contributed by atoms with van der Waals surface area (Å²) >= 11 is 0.883. The summed E-state index contributed by atoms with van der Waals surface area (Å²) in [5.74, 6) is -0.295. The van der Waals surface area contributed by atoms with Crippen molar-refractivity contribution in [3.05, 3.63) is 56.2 Å². The average molecular weight is 516 g/mol. The van der Waals surface area contributed by atoms with Crippen LogP contribution in [0.15, 0.2) is 24.3 Å². The molecule has 0 bridgehead atoms. The van der Waals surface area contributed by atoms with Crippen molar-refractivity contribution in [2.75, 3.05) is 45.9 Å². The number of piperazine rings is 1. The molecule has 0 unspecified atom stereocenters. The summed E-state index contributed by atoms with van der Waals surface area (Å²) in [4.78, 5) is 58.8. The first-order valence-electron chi connectivity index (χ1n) is 12.0. The maximum Gasteiger partial charge on any atom is 0.409 e. The summed E-state index contributed by atoms with van der Waals surface area (Å²) in [5.41, 5.74) is 2.12. The lowest BCUT2D eigenvalue weighted by molar-refractivity contribution is -0.380. The van der Waals surface area contributed by atoms with Crippen LogP contribution < -0.4 is 0 Å². The molecule has 2 saturated heterocycles. The lowest BCUT2D eigenvalue weighted by atomic mass is 9.89. The van der Waals surface area contributed by atoms with Gasteiger partial charge in [-0.2, -0.15) is 0 Å². The van der Waals surface area contributed by atoms with Gasteiger partial charge in [-0.25, -0.2) is 4.79 Å². The fraction of sp³-hybridized carbons (Fsp3) is 0.500. The van der Waals surface area contributed by atoms with E-state index in [1.165, 1.54) is 12.1 Å². The summed E-state index contributed by atoms with van der Waals surface area (Å²) in [7, 11) is 0. The molecule has 4 heterocycles. The number of piperidine rings is 1. The topological polar surface area (TPSA) is 126 Å².